The Kier molecular flexibility index (Phi) is 4.85. The van der Waals surface area contributed by atoms with Crippen molar-refractivity contribution in [2.24, 2.45) is 0 Å². The first-order valence-electron chi connectivity index (χ1n) is 7.77. The molecular weight excluding hydrogens is 352 g/mol. The fourth-order valence-electron chi connectivity index (χ4n) is 2.45. The van der Waals surface area contributed by atoms with Gasteiger partial charge < -0.3 is 10.1 Å². The third-order valence-electron chi connectivity index (χ3n) is 3.75. The number of hydrogen-bond donors (Lipinski definition) is 1. The number of hydrogen-bond acceptors (Lipinski definition) is 7. The molecule has 2 heterocycles. The second-order valence-corrected chi connectivity index (χ2v) is 7.74. The van der Waals surface area contributed by atoms with Crippen LogP contribution in [0, 0.1) is 6.92 Å². The molecule has 7 nitrogen and oxygen atoms in total. The highest BCUT2D eigenvalue weighted by Gasteiger charge is 2.13. The molecule has 3 aromatic rings. The van der Waals surface area contributed by atoms with Crippen molar-refractivity contribution in [2.75, 3.05) is 18.7 Å². The molecule has 1 aromatic carbocycles. The van der Waals surface area contributed by atoms with Gasteiger partial charge in [0.1, 0.15) is 5.75 Å². The summed E-state index contributed by atoms with van der Waals surface area (Å²) in [7, 11) is -1.71. The minimum atomic E-state index is -3.29. The van der Waals surface area contributed by atoms with Crippen LogP contribution in [0.5, 0.6) is 5.75 Å². The molecule has 0 unspecified atom stereocenters. The van der Waals surface area contributed by atoms with Crippen LogP contribution in [0.25, 0.3) is 11.3 Å². The number of nitrogens with one attached hydrogen (secondary N) is 1. The van der Waals surface area contributed by atoms with E-state index in [2.05, 4.69) is 20.3 Å². The fraction of sp³-hybridized carbons (Fsp3) is 0.167. The quantitative estimate of drug-likeness (QED) is 0.738. The molecule has 0 bridgehead atoms. The van der Waals surface area contributed by atoms with E-state index in [0.717, 1.165) is 11.1 Å². The number of methoxy groups -OCH3 is 1. The van der Waals surface area contributed by atoms with E-state index < -0.39 is 9.84 Å². The van der Waals surface area contributed by atoms with Crippen molar-refractivity contribution in [3.8, 4) is 17.0 Å². The van der Waals surface area contributed by atoms with Crippen LogP contribution in [-0.4, -0.2) is 36.7 Å². The Morgan fingerprint density at radius 1 is 1.15 bits per heavy atom. The van der Waals surface area contributed by atoms with E-state index in [9.17, 15) is 8.42 Å². The Bertz CT molecular complexity index is 1050. The van der Waals surface area contributed by atoms with Gasteiger partial charge in [-0.2, -0.15) is 0 Å². The van der Waals surface area contributed by atoms with Gasteiger partial charge in [-0.3, -0.25) is 4.98 Å². The number of benzene rings is 1. The molecule has 2 aromatic heterocycles. The van der Waals surface area contributed by atoms with Gasteiger partial charge in [-0.1, -0.05) is 6.07 Å². The second kappa shape index (κ2) is 7.09. The third kappa shape index (κ3) is 3.80. The van der Waals surface area contributed by atoms with Crippen molar-refractivity contribution in [3.63, 3.8) is 0 Å². The molecule has 134 valence electrons. The molecule has 0 aliphatic heterocycles. The van der Waals surface area contributed by atoms with Crippen molar-refractivity contribution >= 4 is 21.5 Å². The standard InChI is InChI=1S/C18H18N4O3S/c1-12-10-20-18(21-13-5-4-6-14(9-13)26(3,23)24)22-17(12)15-7-8-19-11-16(15)25-2/h4-11H,1-3H3,(H,20,21,22). The van der Waals surface area contributed by atoms with E-state index in [1.807, 2.05) is 13.0 Å². The molecule has 8 heteroatoms. The Labute approximate surface area is 152 Å². The van der Waals surface area contributed by atoms with Gasteiger partial charge in [-0.15, -0.1) is 0 Å². The molecule has 0 radical (unpaired) electrons. The summed E-state index contributed by atoms with van der Waals surface area (Å²) in [5.74, 6) is 0.967. The van der Waals surface area contributed by atoms with Crippen molar-refractivity contribution < 1.29 is 13.2 Å². The normalized spacial score (nSPS) is 11.2. The van der Waals surface area contributed by atoms with Crippen molar-refractivity contribution in [1.29, 1.82) is 0 Å². The molecule has 3 rings (SSSR count). The average Bonchev–Trinajstić information content (AvgIpc) is 2.63. The Morgan fingerprint density at radius 3 is 2.69 bits per heavy atom. The van der Waals surface area contributed by atoms with E-state index in [4.69, 9.17) is 4.74 Å². The largest absolute Gasteiger partial charge is 0.494 e. The van der Waals surface area contributed by atoms with Crippen LogP contribution in [-0.2, 0) is 9.84 Å². The summed E-state index contributed by atoms with van der Waals surface area (Å²) in [6.07, 6.45) is 6.16. The molecule has 0 spiro atoms. The van der Waals surface area contributed by atoms with Crippen LogP contribution in [0.1, 0.15) is 5.56 Å². The number of nitrogens with zero attached hydrogens (tertiary/aromatic N) is 3. The van der Waals surface area contributed by atoms with Gasteiger partial charge in [0, 0.05) is 29.9 Å². The van der Waals surface area contributed by atoms with Crippen molar-refractivity contribution in [1.82, 2.24) is 15.0 Å². The second-order valence-electron chi connectivity index (χ2n) is 5.73. The van der Waals surface area contributed by atoms with E-state index in [1.54, 1.807) is 50.0 Å². The minimum Gasteiger partial charge on any atom is -0.494 e. The van der Waals surface area contributed by atoms with E-state index in [-0.39, 0.29) is 4.90 Å². The third-order valence-corrected chi connectivity index (χ3v) is 4.86. The topological polar surface area (TPSA) is 94.1 Å². The summed E-state index contributed by atoms with van der Waals surface area (Å²) in [6.45, 7) is 1.91. The molecule has 1 N–H and O–H groups in total. The number of ether oxygens (including phenoxy) is 1. The Morgan fingerprint density at radius 2 is 1.96 bits per heavy atom. The number of sulfone groups is 1. The van der Waals surface area contributed by atoms with Crippen molar-refractivity contribution in [3.05, 3.63) is 54.5 Å². The lowest BCUT2D eigenvalue weighted by Gasteiger charge is -2.12. The number of pyridine rings is 1. The van der Waals surface area contributed by atoms with Gasteiger partial charge >= 0.3 is 0 Å². The lowest BCUT2D eigenvalue weighted by Crippen LogP contribution is -2.02. The molecule has 0 saturated heterocycles. The summed E-state index contributed by atoms with van der Waals surface area (Å²) in [4.78, 5) is 13.1. The van der Waals surface area contributed by atoms with Gasteiger partial charge in [0.2, 0.25) is 5.95 Å². The van der Waals surface area contributed by atoms with Gasteiger partial charge in [0.15, 0.2) is 9.84 Å². The van der Waals surface area contributed by atoms with E-state index in [1.165, 1.54) is 6.26 Å². The van der Waals surface area contributed by atoms with Crippen LogP contribution >= 0.6 is 0 Å². The molecule has 0 aliphatic carbocycles. The van der Waals surface area contributed by atoms with Crippen LogP contribution in [0.2, 0.25) is 0 Å². The lowest BCUT2D eigenvalue weighted by molar-refractivity contribution is 0.414. The highest BCUT2D eigenvalue weighted by atomic mass is 32.2. The number of anilines is 2. The average molecular weight is 370 g/mol. The fourth-order valence-corrected chi connectivity index (χ4v) is 3.11. The lowest BCUT2D eigenvalue weighted by atomic mass is 10.1. The summed E-state index contributed by atoms with van der Waals surface area (Å²) in [5.41, 5.74) is 2.98. The molecular formula is C18H18N4O3S. The Hall–Kier alpha value is -3.00. The first kappa shape index (κ1) is 17.8. The van der Waals surface area contributed by atoms with Crippen LogP contribution in [0.4, 0.5) is 11.6 Å². The summed E-state index contributed by atoms with van der Waals surface area (Å²) < 4.78 is 28.8. The van der Waals surface area contributed by atoms with Crippen LogP contribution < -0.4 is 10.1 Å². The summed E-state index contributed by atoms with van der Waals surface area (Å²) in [6, 6.07) is 8.33. The molecule has 0 atom stereocenters. The van der Waals surface area contributed by atoms with Gasteiger partial charge in [0.05, 0.1) is 23.9 Å². The maximum atomic E-state index is 11.7. The molecule has 0 fully saturated rings. The SMILES string of the molecule is COc1cnccc1-c1nc(Nc2cccc(S(C)(=O)=O)c2)ncc1C. The smallest absolute Gasteiger partial charge is 0.227 e. The van der Waals surface area contributed by atoms with Gasteiger partial charge in [-0.05, 0) is 36.8 Å². The monoisotopic (exact) mass is 370 g/mol. The maximum Gasteiger partial charge on any atom is 0.227 e. The van der Waals surface area contributed by atoms with Gasteiger partial charge in [0.25, 0.3) is 0 Å². The van der Waals surface area contributed by atoms with Crippen LogP contribution in [0.15, 0.2) is 53.8 Å². The van der Waals surface area contributed by atoms with E-state index in [0.29, 0.717) is 23.1 Å². The van der Waals surface area contributed by atoms with Gasteiger partial charge in [-0.25, -0.2) is 18.4 Å². The van der Waals surface area contributed by atoms with Crippen molar-refractivity contribution in [2.45, 2.75) is 11.8 Å². The maximum absolute atomic E-state index is 11.7. The first-order valence-corrected chi connectivity index (χ1v) is 9.67. The van der Waals surface area contributed by atoms with E-state index >= 15 is 0 Å². The first-order chi connectivity index (χ1) is 12.4. The minimum absolute atomic E-state index is 0.227. The highest BCUT2D eigenvalue weighted by Crippen LogP contribution is 2.30. The zero-order chi connectivity index (χ0) is 18.7. The molecule has 26 heavy (non-hydrogen) atoms. The molecule has 0 amide bonds. The number of aryl methyl sites for hydroxylation is 1. The molecule has 0 saturated carbocycles. The Balaban J connectivity index is 1.99. The predicted octanol–water partition coefficient (Wildman–Crippen LogP) is 3.00. The highest BCUT2D eigenvalue weighted by molar-refractivity contribution is 7.90. The van der Waals surface area contributed by atoms with Crippen LogP contribution in [0.3, 0.4) is 0 Å². The summed E-state index contributed by atoms with van der Waals surface area (Å²) >= 11 is 0. The number of aromatic nitrogens is 3. The molecule has 0 aliphatic rings. The zero-order valence-electron chi connectivity index (χ0n) is 14.6. The predicted molar refractivity (Wildman–Crippen MR) is 99.4 cm³/mol. The summed E-state index contributed by atoms with van der Waals surface area (Å²) in [5, 5.41) is 3.05. The zero-order valence-corrected chi connectivity index (χ0v) is 15.4. The number of rotatable bonds is 5.